The van der Waals surface area contributed by atoms with Crippen LogP contribution in [-0.4, -0.2) is 25.1 Å². The summed E-state index contributed by atoms with van der Waals surface area (Å²) in [6, 6.07) is 9.33. The van der Waals surface area contributed by atoms with E-state index < -0.39 is 30.9 Å². The molecular weight excluding hydrogens is 325 g/mol. The van der Waals surface area contributed by atoms with Crippen molar-refractivity contribution in [1.29, 1.82) is 0 Å². The number of aryl methyl sites for hydroxylation is 3. The van der Waals surface area contributed by atoms with Gasteiger partial charge in [0, 0.05) is 11.8 Å². The Morgan fingerprint density at radius 3 is 2.36 bits per heavy atom. The maximum Gasteiger partial charge on any atom is 0.344 e. The van der Waals surface area contributed by atoms with Crippen LogP contribution >= 0.6 is 0 Å². The van der Waals surface area contributed by atoms with Gasteiger partial charge in [-0.2, -0.15) is 0 Å². The summed E-state index contributed by atoms with van der Waals surface area (Å²) in [6.45, 7) is 4.95. The fourth-order valence-electron chi connectivity index (χ4n) is 2.44. The van der Waals surface area contributed by atoms with Crippen molar-refractivity contribution in [2.45, 2.75) is 20.8 Å². The topological polar surface area (TPSA) is 64.6 Å². The number of esters is 1. The van der Waals surface area contributed by atoms with Crippen molar-refractivity contribution < 1.29 is 23.5 Å². The standard InChI is InChI=1S/C19H20FNO4/c1-12-7-13(2)19(14(3)8-12)21-17(22)10-25-18(23)11-24-16-6-4-5-15(20)9-16/h4-9H,10-11H2,1-3H3,(H,21,22). The third-order valence-electron chi connectivity index (χ3n) is 3.46. The molecular formula is C19H20FNO4. The quantitative estimate of drug-likeness (QED) is 0.816. The van der Waals surface area contributed by atoms with E-state index in [-0.39, 0.29) is 5.75 Å². The number of anilines is 1. The number of hydrogen-bond donors (Lipinski definition) is 1. The SMILES string of the molecule is Cc1cc(C)c(NC(=O)COC(=O)COc2cccc(F)c2)c(C)c1. The first-order valence-electron chi connectivity index (χ1n) is 7.77. The first-order chi connectivity index (χ1) is 11.8. The van der Waals surface area contributed by atoms with E-state index in [1.807, 2.05) is 32.9 Å². The Hall–Kier alpha value is -2.89. The zero-order valence-electron chi connectivity index (χ0n) is 14.4. The molecule has 0 aromatic heterocycles. The molecule has 0 heterocycles. The minimum Gasteiger partial charge on any atom is -0.482 e. The Morgan fingerprint density at radius 1 is 1.04 bits per heavy atom. The number of ether oxygens (including phenoxy) is 2. The van der Waals surface area contributed by atoms with E-state index in [1.165, 1.54) is 18.2 Å². The van der Waals surface area contributed by atoms with Crippen LogP contribution in [0.25, 0.3) is 0 Å². The molecule has 2 rings (SSSR count). The molecule has 1 N–H and O–H groups in total. The van der Waals surface area contributed by atoms with Gasteiger partial charge in [0.2, 0.25) is 0 Å². The van der Waals surface area contributed by atoms with Gasteiger partial charge in [-0.3, -0.25) is 4.79 Å². The smallest absolute Gasteiger partial charge is 0.344 e. The molecule has 0 radical (unpaired) electrons. The molecule has 0 aliphatic heterocycles. The fraction of sp³-hybridized carbons (Fsp3) is 0.263. The van der Waals surface area contributed by atoms with Crippen molar-refractivity contribution in [3.05, 3.63) is 58.9 Å². The molecule has 25 heavy (non-hydrogen) atoms. The van der Waals surface area contributed by atoms with E-state index in [4.69, 9.17) is 9.47 Å². The van der Waals surface area contributed by atoms with E-state index >= 15 is 0 Å². The molecule has 2 aromatic rings. The number of carbonyl (C=O) groups excluding carboxylic acids is 2. The summed E-state index contributed by atoms with van der Waals surface area (Å²) in [5.74, 6) is -1.40. The Morgan fingerprint density at radius 2 is 1.72 bits per heavy atom. The second kappa shape index (κ2) is 8.28. The van der Waals surface area contributed by atoms with Gasteiger partial charge in [-0.25, -0.2) is 9.18 Å². The molecule has 0 unspecified atom stereocenters. The number of amides is 1. The zero-order valence-corrected chi connectivity index (χ0v) is 14.4. The van der Waals surface area contributed by atoms with E-state index in [2.05, 4.69) is 5.32 Å². The van der Waals surface area contributed by atoms with Crippen molar-refractivity contribution in [2.24, 2.45) is 0 Å². The van der Waals surface area contributed by atoms with Crippen molar-refractivity contribution in [2.75, 3.05) is 18.5 Å². The number of hydrogen-bond acceptors (Lipinski definition) is 4. The van der Waals surface area contributed by atoms with Crippen LogP contribution < -0.4 is 10.1 Å². The molecule has 5 nitrogen and oxygen atoms in total. The van der Waals surface area contributed by atoms with Gasteiger partial charge in [0.05, 0.1) is 0 Å². The van der Waals surface area contributed by atoms with Gasteiger partial charge in [-0.05, 0) is 44.0 Å². The number of benzene rings is 2. The molecule has 0 aliphatic rings. The van der Waals surface area contributed by atoms with Gasteiger partial charge in [-0.15, -0.1) is 0 Å². The molecule has 132 valence electrons. The summed E-state index contributed by atoms with van der Waals surface area (Å²) >= 11 is 0. The second-order valence-electron chi connectivity index (χ2n) is 5.73. The Balaban J connectivity index is 1.81. The van der Waals surface area contributed by atoms with Crippen LogP contribution in [0.5, 0.6) is 5.75 Å². The molecule has 0 saturated heterocycles. The van der Waals surface area contributed by atoms with Gasteiger partial charge in [0.1, 0.15) is 11.6 Å². The zero-order chi connectivity index (χ0) is 18.4. The monoisotopic (exact) mass is 345 g/mol. The largest absolute Gasteiger partial charge is 0.482 e. The highest BCUT2D eigenvalue weighted by atomic mass is 19.1. The van der Waals surface area contributed by atoms with Gasteiger partial charge in [0.15, 0.2) is 13.2 Å². The van der Waals surface area contributed by atoms with E-state index in [9.17, 15) is 14.0 Å². The minimum absolute atomic E-state index is 0.215. The second-order valence-corrected chi connectivity index (χ2v) is 5.73. The van der Waals surface area contributed by atoms with Gasteiger partial charge >= 0.3 is 5.97 Å². The summed E-state index contributed by atoms with van der Waals surface area (Å²) in [5, 5.41) is 2.74. The summed E-state index contributed by atoms with van der Waals surface area (Å²) in [5.41, 5.74) is 3.69. The molecule has 0 spiro atoms. The predicted molar refractivity (Wildman–Crippen MR) is 92.1 cm³/mol. The Kier molecular flexibility index (Phi) is 6.11. The van der Waals surface area contributed by atoms with Crippen LogP contribution in [0.4, 0.5) is 10.1 Å². The molecule has 0 aliphatic carbocycles. The fourth-order valence-corrected chi connectivity index (χ4v) is 2.44. The average Bonchev–Trinajstić information content (AvgIpc) is 2.54. The highest BCUT2D eigenvalue weighted by Crippen LogP contribution is 2.21. The first kappa shape index (κ1) is 18.4. The van der Waals surface area contributed by atoms with Crippen molar-refractivity contribution in [1.82, 2.24) is 0 Å². The Bertz CT molecular complexity index is 766. The van der Waals surface area contributed by atoms with Crippen LogP contribution in [0.3, 0.4) is 0 Å². The van der Waals surface area contributed by atoms with Crippen molar-refractivity contribution in [3.8, 4) is 5.75 Å². The molecule has 0 fully saturated rings. The van der Waals surface area contributed by atoms with Crippen LogP contribution in [-0.2, 0) is 14.3 Å². The molecule has 2 aromatic carbocycles. The highest BCUT2D eigenvalue weighted by molar-refractivity contribution is 5.94. The molecule has 6 heteroatoms. The highest BCUT2D eigenvalue weighted by Gasteiger charge is 2.11. The number of rotatable bonds is 6. The van der Waals surface area contributed by atoms with E-state index in [0.717, 1.165) is 22.8 Å². The van der Waals surface area contributed by atoms with Crippen molar-refractivity contribution >= 4 is 17.6 Å². The lowest BCUT2D eigenvalue weighted by molar-refractivity contribution is -0.149. The van der Waals surface area contributed by atoms with Crippen molar-refractivity contribution in [3.63, 3.8) is 0 Å². The lowest BCUT2D eigenvalue weighted by Gasteiger charge is -2.13. The molecule has 0 atom stereocenters. The summed E-state index contributed by atoms with van der Waals surface area (Å²) in [4.78, 5) is 23.6. The lowest BCUT2D eigenvalue weighted by Crippen LogP contribution is -2.24. The molecule has 0 saturated carbocycles. The maximum absolute atomic E-state index is 13.0. The number of halogens is 1. The summed E-state index contributed by atoms with van der Waals surface area (Å²) < 4.78 is 23.0. The van der Waals surface area contributed by atoms with E-state index in [1.54, 1.807) is 0 Å². The normalized spacial score (nSPS) is 10.2. The summed E-state index contributed by atoms with van der Waals surface area (Å²) in [7, 11) is 0. The van der Waals surface area contributed by atoms with E-state index in [0.29, 0.717) is 5.69 Å². The molecule has 0 bridgehead atoms. The third kappa shape index (κ3) is 5.60. The van der Waals surface area contributed by atoms with Crippen LogP contribution in [0, 0.1) is 26.6 Å². The van der Waals surface area contributed by atoms with Crippen LogP contribution in [0.2, 0.25) is 0 Å². The van der Waals surface area contributed by atoms with Crippen LogP contribution in [0.15, 0.2) is 36.4 Å². The lowest BCUT2D eigenvalue weighted by atomic mass is 10.1. The summed E-state index contributed by atoms with van der Waals surface area (Å²) in [6.07, 6.45) is 0. The maximum atomic E-state index is 13.0. The Labute approximate surface area is 145 Å². The number of nitrogens with one attached hydrogen (secondary N) is 1. The molecule has 1 amide bonds. The average molecular weight is 345 g/mol. The number of carbonyl (C=O) groups is 2. The minimum atomic E-state index is -0.711. The van der Waals surface area contributed by atoms with Gasteiger partial charge in [-0.1, -0.05) is 23.8 Å². The third-order valence-corrected chi connectivity index (χ3v) is 3.46. The van der Waals surface area contributed by atoms with Gasteiger partial charge < -0.3 is 14.8 Å². The first-order valence-corrected chi connectivity index (χ1v) is 7.77. The predicted octanol–water partition coefficient (Wildman–Crippen LogP) is 3.31. The van der Waals surface area contributed by atoms with Crippen LogP contribution in [0.1, 0.15) is 16.7 Å². The van der Waals surface area contributed by atoms with Gasteiger partial charge in [0.25, 0.3) is 5.91 Å².